The molecule has 0 aromatic heterocycles. The van der Waals surface area contributed by atoms with E-state index in [-0.39, 0.29) is 23.2 Å². The Balaban J connectivity index is 1.27. The molecule has 1 N–H and O–H groups in total. The van der Waals surface area contributed by atoms with Gasteiger partial charge in [-0.05, 0) is 43.9 Å². The van der Waals surface area contributed by atoms with E-state index in [1.165, 1.54) is 6.07 Å². The molecule has 0 bridgehead atoms. The highest BCUT2D eigenvalue weighted by Gasteiger charge is 2.48. The molecule has 0 saturated carbocycles. The molecule has 6 heteroatoms. The lowest BCUT2D eigenvalue weighted by molar-refractivity contribution is -0.170. The SMILES string of the molecule is O=C1CCCCN1C[C@H]1CCC2(CN(C(=O)c3cccc(O)c3)C2)OC1. The zero-order valence-electron chi connectivity index (χ0n) is 15.0. The van der Waals surface area contributed by atoms with Gasteiger partial charge >= 0.3 is 0 Å². The van der Waals surface area contributed by atoms with Crippen LogP contribution in [0.25, 0.3) is 0 Å². The minimum atomic E-state index is -0.213. The number of piperidine rings is 1. The maximum atomic E-state index is 12.5. The van der Waals surface area contributed by atoms with E-state index in [0.717, 1.165) is 38.8 Å². The topological polar surface area (TPSA) is 70.1 Å². The van der Waals surface area contributed by atoms with Crippen LogP contribution in [0.4, 0.5) is 0 Å². The summed E-state index contributed by atoms with van der Waals surface area (Å²) >= 11 is 0. The van der Waals surface area contributed by atoms with E-state index in [1.807, 2.05) is 4.90 Å². The maximum Gasteiger partial charge on any atom is 0.254 e. The number of hydrogen-bond acceptors (Lipinski definition) is 4. The Kier molecular flexibility index (Phi) is 4.61. The highest BCUT2D eigenvalue weighted by molar-refractivity contribution is 5.95. The van der Waals surface area contributed by atoms with Crippen molar-refractivity contribution in [3.05, 3.63) is 29.8 Å². The maximum absolute atomic E-state index is 12.5. The van der Waals surface area contributed by atoms with E-state index in [0.29, 0.717) is 37.6 Å². The summed E-state index contributed by atoms with van der Waals surface area (Å²) in [6.45, 7) is 3.57. The first kappa shape index (κ1) is 17.3. The molecule has 0 aliphatic carbocycles. The number of nitrogens with zero attached hydrogens (tertiary/aromatic N) is 2. The van der Waals surface area contributed by atoms with Crippen LogP contribution in [0.1, 0.15) is 42.5 Å². The summed E-state index contributed by atoms with van der Waals surface area (Å²) in [5.41, 5.74) is 0.298. The number of amides is 2. The molecular weight excluding hydrogens is 332 g/mol. The smallest absolute Gasteiger partial charge is 0.254 e. The van der Waals surface area contributed by atoms with E-state index in [9.17, 15) is 14.7 Å². The highest BCUT2D eigenvalue weighted by atomic mass is 16.5. The van der Waals surface area contributed by atoms with Crippen LogP contribution >= 0.6 is 0 Å². The first-order valence-electron chi connectivity index (χ1n) is 9.55. The first-order chi connectivity index (χ1) is 12.5. The van der Waals surface area contributed by atoms with E-state index < -0.39 is 0 Å². The quantitative estimate of drug-likeness (QED) is 0.898. The van der Waals surface area contributed by atoms with Gasteiger partial charge in [0.1, 0.15) is 11.4 Å². The Morgan fingerprint density at radius 3 is 2.85 bits per heavy atom. The van der Waals surface area contributed by atoms with Crippen molar-refractivity contribution >= 4 is 11.8 Å². The molecule has 1 spiro atoms. The Morgan fingerprint density at radius 2 is 2.15 bits per heavy atom. The molecule has 1 atom stereocenters. The Hall–Kier alpha value is -2.08. The number of ether oxygens (including phenoxy) is 1. The van der Waals surface area contributed by atoms with Gasteiger partial charge in [0, 0.05) is 31.0 Å². The number of aromatic hydroxyl groups is 1. The van der Waals surface area contributed by atoms with Crippen LogP contribution in [0.2, 0.25) is 0 Å². The van der Waals surface area contributed by atoms with Crippen molar-refractivity contribution in [2.75, 3.05) is 32.8 Å². The van der Waals surface area contributed by atoms with Crippen molar-refractivity contribution in [3.63, 3.8) is 0 Å². The zero-order valence-corrected chi connectivity index (χ0v) is 15.0. The molecule has 4 rings (SSSR count). The Bertz CT molecular complexity index is 689. The molecule has 3 fully saturated rings. The highest BCUT2D eigenvalue weighted by Crippen LogP contribution is 2.37. The molecule has 0 radical (unpaired) electrons. The lowest BCUT2D eigenvalue weighted by atomic mass is 9.82. The van der Waals surface area contributed by atoms with Crippen LogP contribution in [0, 0.1) is 5.92 Å². The van der Waals surface area contributed by atoms with E-state index in [1.54, 1.807) is 23.1 Å². The number of phenols is 1. The number of phenolic OH excluding ortho intramolecular Hbond substituents is 1. The fourth-order valence-corrected chi connectivity index (χ4v) is 4.29. The molecule has 26 heavy (non-hydrogen) atoms. The van der Waals surface area contributed by atoms with Gasteiger partial charge in [0.2, 0.25) is 5.91 Å². The molecule has 6 nitrogen and oxygen atoms in total. The second kappa shape index (κ2) is 6.91. The molecule has 3 saturated heterocycles. The minimum absolute atomic E-state index is 0.0591. The number of carbonyl (C=O) groups excluding carboxylic acids is 2. The van der Waals surface area contributed by atoms with Crippen molar-refractivity contribution < 1.29 is 19.4 Å². The third-order valence-electron chi connectivity index (χ3n) is 5.87. The summed E-state index contributed by atoms with van der Waals surface area (Å²) in [7, 11) is 0. The summed E-state index contributed by atoms with van der Waals surface area (Å²) in [6, 6.07) is 6.47. The van der Waals surface area contributed by atoms with Crippen LogP contribution < -0.4 is 0 Å². The van der Waals surface area contributed by atoms with Gasteiger partial charge in [-0.3, -0.25) is 9.59 Å². The predicted octanol–water partition coefficient (Wildman–Crippen LogP) is 2.03. The second-order valence-electron chi connectivity index (χ2n) is 7.91. The molecule has 3 aliphatic heterocycles. The fourth-order valence-electron chi connectivity index (χ4n) is 4.29. The van der Waals surface area contributed by atoms with Crippen molar-refractivity contribution in [1.29, 1.82) is 0 Å². The van der Waals surface area contributed by atoms with Gasteiger partial charge in [0.25, 0.3) is 5.91 Å². The Labute approximate surface area is 153 Å². The monoisotopic (exact) mass is 358 g/mol. The van der Waals surface area contributed by atoms with Crippen LogP contribution in [-0.4, -0.2) is 65.1 Å². The number of carbonyl (C=O) groups is 2. The van der Waals surface area contributed by atoms with Gasteiger partial charge in [-0.15, -0.1) is 0 Å². The van der Waals surface area contributed by atoms with Crippen molar-refractivity contribution in [1.82, 2.24) is 9.80 Å². The lowest BCUT2D eigenvalue weighted by Crippen LogP contribution is -2.66. The largest absolute Gasteiger partial charge is 0.508 e. The molecular formula is C20H26N2O4. The molecule has 3 heterocycles. The predicted molar refractivity (Wildman–Crippen MR) is 95.8 cm³/mol. The standard InChI is InChI=1S/C20H26N2O4/c23-17-5-3-4-16(10-17)19(25)22-13-20(14-22)8-7-15(12-26-20)11-21-9-2-1-6-18(21)24/h3-5,10,15,23H,1-2,6-9,11-14H2/t15-/m1/s1. The summed E-state index contributed by atoms with van der Waals surface area (Å²) < 4.78 is 6.15. The van der Waals surface area contributed by atoms with Gasteiger partial charge in [-0.25, -0.2) is 0 Å². The zero-order chi connectivity index (χ0) is 18.1. The van der Waals surface area contributed by atoms with E-state index in [2.05, 4.69) is 0 Å². The number of hydrogen-bond donors (Lipinski definition) is 1. The van der Waals surface area contributed by atoms with E-state index >= 15 is 0 Å². The summed E-state index contributed by atoms with van der Waals surface area (Å²) in [6.07, 6.45) is 4.78. The van der Waals surface area contributed by atoms with Gasteiger partial charge in [-0.2, -0.15) is 0 Å². The molecule has 3 aliphatic rings. The number of likely N-dealkylation sites (tertiary alicyclic amines) is 2. The Morgan fingerprint density at radius 1 is 1.31 bits per heavy atom. The summed E-state index contributed by atoms with van der Waals surface area (Å²) in [5, 5.41) is 9.54. The van der Waals surface area contributed by atoms with Gasteiger partial charge < -0.3 is 19.6 Å². The fraction of sp³-hybridized carbons (Fsp3) is 0.600. The summed E-state index contributed by atoms with van der Waals surface area (Å²) in [5.74, 6) is 0.729. The lowest BCUT2D eigenvalue weighted by Gasteiger charge is -2.53. The third kappa shape index (κ3) is 3.43. The normalized spacial score (nSPS) is 25.2. The van der Waals surface area contributed by atoms with Crippen LogP contribution in [-0.2, 0) is 9.53 Å². The van der Waals surface area contributed by atoms with E-state index in [4.69, 9.17) is 4.74 Å². The number of benzene rings is 1. The molecule has 0 unspecified atom stereocenters. The van der Waals surface area contributed by atoms with Crippen molar-refractivity contribution in [2.24, 2.45) is 5.92 Å². The van der Waals surface area contributed by atoms with Crippen LogP contribution in [0.5, 0.6) is 5.75 Å². The van der Waals surface area contributed by atoms with Gasteiger partial charge in [0.15, 0.2) is 0 Å². The van der Waals surface area contributed by atoms with Crippen LogP contribution in [0.3, 0.4) is 0 Å². The molecule has 1 aromatic rings. The first-order valence-corrected chi connectivity index (χ1v) is 9.55. The van der Waals surface area contributed by atoms with Gasteiger partial charge in [-0.1, -0.05) is 6.07 Å². The minimum Gasteiger partial charge on any atom is -0.508 e. The van der Waals surface area contributed by atoms with Gasteiger partial charge in [0.05, 0.1) is 19.7 Å². The second-order valence-corrected chi connectivity index (χ2v) is 7.91. The average Bonchev–Trinajstić information content (AvgIpc) is 2.62. The third-order valence-corrected chi connectivity index (χ3v) is 5.87. The molecule has 140 valence electrons. The van der Waals surface area contributed by atoms with Crippen molar-refractivity contribution in [3.8, 4) is 5.75 Å². The molecule has 2 amide bonds. The van der Waals surface area contributed by atoms with Crippen LogP contribution in [0.15, 0.2) is 24.3 Å². The summed E-state index contributed by atoms with van der Waals surface area (Å²) in [4.78, 5) is 28.2. The average molecular weight is 358 g/mol. The number of rotatable bonds is 3. The molecule has 1 aromatic carbocycles. The van der Waals surface area contributed by atoms with Crippen molar-refractivity contribution in [2.45, 2.75) is 37.7 Å².